The molecule has 0 amide bonds. The molecule has 2 aromatic rings. The van der Waals surface area contributed by atoms with E-state index < -0.39 is 0 Å². The Hall–Kier alpha value is -0.870. The van der Waals surface area contributed by atoms with Gasteiger partial charge in [0.05, 0.1) is 6.10 Å². The highest BCUT2D eigenvalue weighted by Gasteiger charge is 2.27. The van der Waals surface area contributed by atoms with Crippen molar-refractivity contribution in [2.45, 2.75) is 44.1 Å². The number of likely N-dealkylation sites (tertiary alicyclic amines) is 1. The van der Waals surface area contributed by atoms with Crippen LogP contribution in [-0.2, 0) is 6.42 Å². The van der Waals surface area contributed by atoms with Crippen molar-refractivity contribution in [1.82, 2.24) is 4.90 Å². The highest BCUT2D eigenvalue weighted by Crippen LogP contribution is 2.36. The van der Waals surface area contributed by atoms with Gasteiger partial charge in [-0.05, 0) is 79.8 Å². The monoisotopic (exact) mass is 449 g/mol. The molecule has 146 valence electrons. The Kier molecular flexibility index (Phi) is 7.38. The van der Waals surface area contributed by atoms with E-state index in [1.165, 1.54) is 43.5 Å². The van der Waals surface area contributed by atoms with E-state index in [2.05, 4.69) is 63.3 Å². The molecule has 0 radical (unpaired) electrons. The Morgan fingerprint density at radius 3 is 2.44 bits per heavy atom. The quantitative estimate of drug-likeness (QED) is 0.603. The second-order valence-corrected chi connectivity index (χ2v) is 8.80. The molecule has 2 unspecified atom stereocenters. The molecule has 1 saturated heterocycles. The van der Waals surface area contributed by atoms with Crippen molar-refractivity contribution in [2.24, 2.45) is 5.92 Å². The Bertz CT molecular complexity index is 730. The van der Waals surface area contributed by atoms with Gasteiger partial charge in [-0.2, -0.15) is 0 Å². The molecule has 27 heavy (non-hydrogen) atoms. The Labute approximate surface area is 177 Å². The molecular formula is C23H29BrClNO. The smallest absolute Gasteiger partial charge is 0.0796 e. The van der Waals surface area contributed by atoms with Crippen LogP contribution in [0.2, 0.25) is 0 Å². The molecule has 2 aromatic carbocycles. The number of aliphatic hydroxyl groups is 1. The molecule has 1 fully saturated rings. The third kappa shape index (κ3) is 4.95. The molecule has 0 bridgehead atoms. The van der Waals surface area contributed by atoms with E-state index in [0.717, 1.165) is 29.4 Å². The van der Waals surface area contributed by atoms with Gasteiger partial charge in [0.25, 0.3) is 0 Å². The zero-order valence-electron chi connectivity index (χ0n) is 15.7. The van der Waals surface area contributed by atoms with E-state index in [9.17, 15) is 5.11 Å². The summed E-state index contributed by atoms with van der Waals surface area (Å²) in [6.45, 7) is 3.50. The second kappa shape index (κ2) is 9.56. The lowest BCUT2D eigenvalue weighted by atomic mass is 9.88. The number of hydrogen-bond donors (Lipinski definition) is 1. The molecule has 0 aromatic heterocycles. The lowest BCUT2D eigenvalue weighted by molar-refractivity contribution is 0.117. The molecule has 4 rings (SSSR count). The van der Waals surface area contributed by atoms with E-state index in [-0.39, 0.29) is 18.5 Å². The van der Waals surface area contributed by atoms with Crippen LogP contribution in [0.5, 0.6) is 0 Å². The summed E-state index contributed by atoms with van der Waals surface area (Å²) in [5, 5.41) is 10.7. The van der Waals surface area contributed by atoms with Gasteiger partial charge in [0.1, 0.15) is 0 Å². The van der Waals surface area contributed by atoms with Crippen LogP contribution in [0, 0.1) is 5.92 Å². The van der Waals surface area contributed by atoms with Crippen molar-refractivity contribution in [2.75, 3.05) is 19.6 Å². The minimum absolute atomic E-state index is 0. The topological polar surface area (TPSA) is 23.5 Å². The van der Waals surface area contributed by atoms with E-state index in [4.69, 9.17) is 0 Å². The summed E-state index contributed by atoms with van der Waals surface area (Å²) in [7, 11) is 0. The maximum absolute atomic E-state index is 10.7. The van der Waals surface area contributed by atoms with Gasteiger partial charge in [-0.25, -0.2) is 0 Å². The van der Waals surface area contributed by atoms with Crippen molar-refractivity contribution < 1.29 is 5.11 Å². The summed E-state index contributed by atoms with van der Waals surface area (Å²) in [6, 6.07) is 17.2. The first kappa shape index (κ1) is 20.9. The van der Waals surface area contributed by atoms with Gasteiger partial charge in [-0.1, -0.05) is 58.4 Å². The molecule has 4 heteroatoms. The maximum atomic E-state index is 10.7. The number of hydrogen-bond acceptors (Lipinski definition) is 2. The fraction of sp³-hybridized carbons (Fsp3) is 0.478. The lowest BCUT2D eigenvalue weighted by Crippen LogP contribution is -2.36. The normalized spacial score (nSPS) is 23.9. The third-order valence-electron chi connectivity index (χ3n) is 6.25. The van der Waals surface area contributed by atoms with Crippen LogP contribution in [0.15, 0.2) is 53.0 Å². The van der Waals surface area contributed by atoms with Crippen molar-refractivity contribution in [3.63, 3.8) is 0 Å². The lowest BCUT2D eigenvalue weighted by Gasteiger charge is -2.34. The zero-order valence-corrected chi connectivity index (χ0v) is 18.1. The first-order chi connectivity index (χ1) is 12.7. The molecule has 1 heterocycles. The number of rotatable bonds is 3. The highest BCUT2D eigenvalue weighted by atomic mass is 79.9. The number of piperidine rings is 1. The summed E-state index contributed by atoms with van der Waals surface area (Å²) < 4.78 is 1.15. The van der Waals surface area contributed by atoms with E-state index in [1.807, 2.05) is 6.07 Å². The molecule has 0 spiro atoms. The Morgan fingerprint density at radius 1 is 0.963 bits per heavy atom. The predicted octanol–water partition coefficient (Wildman–Crippen LogP) is 5.74. The number of halogens is 2. The van der Waals surface area contributed by atoms with Crippen LogP contribution in [0.4, 0.5) is 0 Å². The fourth-order valence-electron chi connectivity index (χ4n) is 4.77. The predicted molar refractivity (Wildman–Crippen MR) is 118 cm³/mol. The number of fused-ring (bicyclic) bond motifs is 1. The van der Waals surface area contributed by atoms with Crippen LogP contribution in [0.25, 0.3) is 0 Å². The fourth-order valence-corrected chi connectivity index (χ4v) is 5.35. The molecular weight excluding hydrogens is 422 g/mol. The Balaban J connectivity index is 0.00000210. The third-order valence-corrected chi connectivity index (χ3v) is 6.99. The minimum atomic E-state index is -0.322. The van der Waals surface area contributed by atoms with Crippen LogP contribution in [-0.4, -0.2) is 29.6 Å². The van der Waals surface area contributed by atoms with Gasteiger partial charge >= 0.3 is 0 Å². The van der Waals surface area contributed by atoms with Gasteiger partial charge in [0, 0.05) is 11.0 Å². The van der Waals surface area contributed by atoms with E-state index >= 15 is 0 Å². The summed E-state index contributed by atoms with van der Waals surface area (Å²) in [4.78, 5) is 2.63. The summed E-state index contributed by atoms with van der Waals surface area (Å²) in [5.74, 6) is 1.30. The summed E-state index contributed by atoms with van der Waals surface area (Å²) in [5.41, 5.74) is 3.94. The summed E-state index contributed by atoms with van der Waals surface area (Å²) >= 11 is 3.67. The number of aliphatic hydroxyl groups excluding tert-OH is 1. The van der Waals surface area contributed by atoms with Gasteiger partial charge in [-0.15, -0.1) is 12.4 Å². The minimum Gasteiger partial charge on any atom is -0.388 e. The maximum Gasteiger partial charge on any atom is 0.0796 e. The number of nitrogens with zero attached hydrogens (tertiary/aromatic N) is 1. The highest BCUT2D eigenvalue weighted by molar-refractivity contribution is 9.10. The standard InChI is InChI=1S/C23H28BrNO.ClH/c24-22-8-4-7-21-20(22)10-9-17(15-23(21)26)16-25-13-11-19(12-14-25)18-5-2-1-3-6-18;/h1-8,17,19,23,26H,9-16H2;1H. The zero-order chi connectivity index (χ0) is 17.9. The molecule has 1 aliphatic heterocycles. The molecule has 2 aliphatic rings. The van der Waals surface area contributed by atoms with E-state index in [0.29, 0.717) is 11.8 Å². The van der Waals surface area contributed by atoms with Crippen molar-refractivity contribution in [3.05, 3.63) is 69.7 Å². The molecule has 1 N–H and O–H groups in total. The Morgan fingerprint density at radius 2 is 1.70 bits per heavy atom. The first-order valence-electron chi connectivity index (χ1n) is 9.93. The number of benzene rings is 2. The first-order valence-corrected chi connectivity index (χ1v) is 10.7. The molecule has 1 aliphatic carbocycles. The van der Waals surface area contributed by atoms with Gasteiger partial charge in [-0.3, -0.25) is 0 Å². The molecule has 0 saturated carbocycles. The van der Waals surface area contributed by atoms with Crippen molar-refractivity contribution in [3.8, 4) is 0 Å². The van der Waals surface area contributed by atoms with Gasteiger partial charge < -0.3 is 10.0 Å². The average molecular weight is 451 g/mol. The summed E-state index contributed by atoms with van der Waals surface area (Å²) in [6.07, 6.45) is 5.32. The van der Waals surface area contributed by atoms with Crippen LogP contribution in [0.1, 0.15) is 54.4 Å². The van der Waals surface area contributed by atoms with Crippen LogP contribution < -0.4 is 0 Å². The van der Waals surface area contributed by atoms with Crippen LogP contribution in [0.3, 0.4) is 0 Å². The van der Waals surface area contributed by atoms with Gasteiger partial charge in [0.15, 0.2) is 0 Å². The van der Waals surface area contributed by atoms with Crippen molar-refractivity contribution >= 4 is 28.3 Å². The SMILES string of the molecule is Cl.OC1CC(CN2CCC(c3ccccc3)CC2)CCc2c(Br)cccc21. The molecule has 2 atom stereocenters. The van der Waals surface area contributed by atoms with E-state index in [1.54, 1.807) is 0 Å². The van der Waals surface area contributed by atoms with Crippen LogP contribution >= 0.6 is 28.3 Å². The van der Waals surface area contributed by atoms with Gasteiger partial charge in [0.2, 0.25) is 0 Å². The second-order valence-electron chi connectivity index (χ2n) is 7.95. The average Bonchev–Trinajstić information content (AvgIpc) is 2.83. The largest absolute Gasteiger partial charge is 0.388 e. The molecule has 2 nitrogen and oxygen atoms in total. The van der Waals surface area contributed by atoms with Crippen molar-refractivity contribution in [1.29, 1.82) is 0 Å².